The van der Waals surface area contributed by atoms with Crippen LogP contribution in [0.5, 0.6) is 0 Å². The van der Waals surface area contributed by atoms with E-state index in [1.807, 2.05) is 24.3 Å². The summed E-state index contributed by atoms with van der Waals surface area (Å²) in [6.45, 7) is 0. The Hall–Kier alpha value is -1.55. The first-order chi connectivity index (χ1) is 6.81. The monoisotopic (exact) mass is 192 g/mol. The van der Waals surface area contributed by atoms with Gasteiger partial charge in [0.05, 0.1) is 12.8 Å². The molecule has 0 bridgehead atoms. The molecule has 0 aliphatic carbocycles. The van der Waals surface area contributed by atoms with Gasteiger partial charge in [0, 0.05) is 6.42 Å². The zero-order valence-electron chi connectivity index (χ0n) is 7.91. The van der Waals surface area contributed by atoms with Crippen LogP contribution in [0.3, 0.4) is 0 Å². The first-order valence-corrected chi connectivity index (χ1v) is 4.48. The molecule has 1 aliphatic heterocycles. The fourth-order valence-electron chi connectivity index (χ4n) is 1.54. The molecule has 2 rings (SSSR count). The summed E-state index contributed by atoms with van der Waals surface area (Å²) in [5, 5.41) is 0. The lowest BCUT2D eigenvalue weighted by molar-refractivity contribution is -0.143. The summed E-state index contributed by atoms with van der Waals surface area (Å²) in [5.74, 6) is -0.244. The molecule has 2 N–H and O–H groups in total. The van der Waals surface area contributed by atoms with Gasteiger partial charge in [-0.15, -0.1) is 0 Å². The number of nitrogens with one attached hydrogen (secondary N) is 2. The number of carbonyl (C=O) groups excluding carboxylic acids is 1. The topological polar surface area (TPSA) is 50.4 Å². The Bertz CT molecular complexity index is 352. The Labute approximate surface area is 82.2 Å². The summed E-state index contributed by atoms with van der Waals surface area (Å²) in [7, 11) is 1.39. The molecule has 4 heteroatoms. The number of fused-ring (bicyclic) bond motifs is 1. The molecule has 0 aromatic heterocycles. The fraction of sp³-hybridized carbons (Fsp3) is 0.300. The van der Waals surface area contributed by atoms with Crippen molar-refractivity contribution in [2.24, 2.45) is 0 Å². The van der Waals surface area contributed by atoms with Crippen molar-refractivity contribution in [2.75, 3.05) is 12.5 Å². The van der Waals surface area contributed by atoms with E-state index in [1.165, 1.54) is 7.11 Å². The van der Waals surface area contributed by atoms with Gasteiger partial charge in [-0.05, 0) is 11.6 Å². The molecule has 1 aromatic carbocycles. The van der Waals surface area contributed by atoms with Crippen molar-refractivity contribution in [3.63, 3.8) is 0 Å². The third kappa shape index (κ3) is 1.56. The van der Waals surface area contributed by atoms with E-state index < -0.39 is 0 Å². The van der Waals surface area contributed by atoms with Crippen molar-refractivity contribution in [2.45, 2.75) is 12.5 Å². The van der Waals surface area contributed by atoms with Gasteiger partial charge in [0.2, 0.25) is 0 Å². The van der Waals surface area contributed by atoms with Crippen molar-refractivity contribution >= 4 is 11.7 Å². The third-order valence-corrected chi connectivity index (χ3v) is 2.31. The van der Waals surface area contributed by atoms with Crippen LogP contribution in [0.1, 0.15) is 5.56 Å². The van der Waals surface area contributed by atoms with E-state index >= 15 is 0 Å². The summed E-state index contributed by atoms with van der Waals surface area (Å²) in [4.78, 5) is 11.3. The summed E-state index contributed by atoms with van der Waals surface area (Å²) in [6, 6.07) is 7.58. The standard InChI is InChI=1S/C10H12N2O2/c1-14-10(13)9-6-7-4-2-3-5-8(7)11-12-9/h2-5,9,11-12H,6H2,1H3. The van der Waals surface area contributed by atoms with E-state index in [9.17, 15) is 4.79 Å². The Kier molecular flexibility index (Phi) is 2.37. The molecule has 1 aliphatic rings. The van der Waals surface area contributed by atoms with Gasteiger partial charge in [-0.3, -0.25) is 4.79 Å². The van der Waals surface area contributed by atoms with Gasteiger partial charge in [0.15, 0.2) is 0 Å². The van der Waals surface area contributed by atoms with Crippen LogP contribution < -0.4 is 10.9 Å². The van der Waals surface area contributed by atoms with Gasteiger partial charge in [-0.2, -0.15) is 0 Å². The second kappa shape index (κ2) is 3.67. The molecule has 1 aromatic rings. The molecule has 74 valence electrons. The molecule has 0 fully saturated rings. The SMILES string of the molecule is COC(=O)C1Cc2ccccc2NN1. The predicted octanol–water partition coefficient (Wildman–Crippen LogP) is 0.701. The van der Waals surface area contributed by atoms with E-state index in [0.717, 1.165) is 11.3 Å². The average Bonchev–Trinajstić information content (AvgIpc) is 2.27. The van der Waals surface area contributed by atoms with E-state index in [-0.39, 0.29) is 12.0 Å². The van der Waals surface area contributed by atoms with Crippen molar-refractivity contribution in [3.05, 3.63) is 29.8 Å². The Morgan fingerprint density at radius 2 is 2.29 bits per heavy atom. The van der Waals surface area contributed by atoms with Crippen LogP contribution in [0.2, 0.25) is 0 Å². The number of esters is 1. The van der Waals surface area contributed by atoms with Gasteiger partial charge in [-0.1, -0.05) is 18.2 Å². The molecule has 1 atom stereocenters. The second-order valence-electron chi connectivity index (χ2n) is 3.21. The van der Waals surface area contributed by atoms with Crippen molar-refractivity contribution in [1.29, 1.82) is 0 Å². The molecule has 4 nitrogen and oxygen atoms in total. The fourth-order valence-corrected chi connectivity index (χ4v) is 1.54. The summed E-state index contributed by atoms with van der Waals surface area (Å²) in [6.07, 6.45) is 0.663. The summed E-state index contributed by atoms with van der Waals surface area (Å²) in [5.41, 5.74) is 8.03. The predicted molar refractivity (Wildman–Crippen MR) is 52.7 cm³/mol. The first kappa shape index (κ1) is 9.02. The number of para-hydroxylation sites is 1. The van der Waals surface area contributed by atoms with Gasteiger partial charge in [0.1, 0.15) is 6.04 Å². The number of hydrazine groups is 1. The molecule has 0 spiro atoms. The third-order valence-electron chi connectivity index (χ3n) is 2.31. The minimum atomic E-state index is -0.296. The minimum absolute atomic E-state index is 0.244. The number of hydrogen-bond donors (Lipinski definition) is 2. The van der Waals surface area contributed by atoms with Crippen LogP contribution in [0.4, 0.5) is 5.69 Å². The van der Waals surface area contributed by atoms with Crippen LogP contribution in [-0.4, -0.2) is 19.1 Å². The first-order valence-electron chi connectivity index (χ1n) is 4.48. The highest BCUT2D eigenvalue weighted by Gasteiger charge is 2.24. The second-order valence-corrected chi connectivity index (χ2v) is 3.21. The molecular formula is C10H12N2O2. The minimum Gasteiger partial charge on any atom is -0.468 e. The average molecular weight is 192 g/mol. The molecule has 0 saturated carbocycles. The Morgan fingerprint density at radius 1 is 1.50 bits per heavy atom. The smallest absolute Gasteiger partial charge is 0.325 e. The van der Waals surface area contributed by atoms with Crippen molar-refractivity contribution in [1.82, 2.24) is 5.43 Å². The largest absolute Gasteiger partial charge is 0.468 e. The summed E-state index contributed by atoms with van der Waals surface area (Å²) >= 11 is 0. The number of hydrogen-bond acceptors (Lipinski definition) is 4. The molecule has 0 saturated heterocycles. The number of carbonyl (C=O) groups is 1. The molecule has 14 heavy (non-hydrogen) atoms. The van der Waals surface area contributed by atoms with Gasteiger partial charge in [0.25, 0.3) is 0 Å². The van der Waals surface area contributed by atoms with Gasteiger partial charge < -0.3 is 10.2 Å². The molecule has 1 heterocycles. The maximum absolute atomic E-state index is 11.3. The number of benzene rings is 1. The zero-order valence-corrected chi connectivity index (χ0v) is 7.91. The highest BCUT2D eigenvalue weighted by Crippen LogP contribution is 2.19. The lowest BCUT2D eigenvalue weighted by Crippen LogP contribution is -2.45. The highest BCUT2D eigenvalue weighted by molar-refractivity contribution is 5.77. The van der Waals surface area contributed by atoms with Gasteiger partial charge in [-0.25, -0.2) is 5.43 Å². The van der Waals surface area contributed by atoms with E-state index in [4.69, 9.17) is 0 Å². The number of methoxy groups -OCH3 is 1. The zero-order chi connectivity index (χ0) is 9.97. The van der Waals surface area contributed by atoms with E-state index in [2.05, 4.69) is 15.6 Å². The number of ether oxygens (including phenoxy) is 1. The van der Waals surface area contributed by atoms with Crippen molar-refractivity contribution < 1.29 is 9.53 Å². The van der Waals surface area contributed by atoms with Gasteiger partial charge >= 0.3 is 5.97 Å². The van der Waals surface area contributed by atoms with E-state index in [0.29, 0.717) is 6.42 Å². The molecule has 1 unspecified atom stereocenters. The lowest BCUT2D eigenvalue weighted by atomic mass is 10.0. The normalized spacial score (nSPS) is 19.4. The van der Waals surface area contributed by atoms with Crippen LogP contribution in [-0.2, 0) is 16.0 Å². The Balaban J connectivity index is 2.17. The van der Waals surface area contributed by atoms with Crippen LogP contribution >= 0.6 is 0 Å². The van der Waals surface area contributed by atoms with Crippen molar-refractivity contribution in [3.8, 4) is 0 Å². The van der Waals surface area contributed by atoms with Crippen LogP contribution in [0, 0.1) is 0 Å². The molecule has 0 amide bonds. The van der Waals surface area contributed by atoms with Crippen LogP contribution in [0.25, 0.3) is 0 Å². The highest BCUT2D eigenvalue weighted by atomic mass is 16.5. The molecule has 0 radical (unpaired) electrons. The Morgan fingerprint density at radius 3 is 3.07 bits per heavy atom. The van der Waals surface area contributed by atoms with Crippen LogP contribution in [0.15, 0.2) is 24.3 Å². The lowest BCUT2D eigenvalue weighted by Gasteiger charge is -2.25. The quantitative estimate of drug-likeness (QED) is 0.643. The van der Waals surface area contributed by atoms with E-state index in [1.54, 1.807) is 0 Å². The maximum Gasteiger partial charge on any atom is 0.325 e. The number of anilines is 1. The summed E-state index contributed by atoms with van der Waals surface area (Å²) < 4.78 is 4.66. The molecular weight excluding hydrogens is 180 g/mol. The maximum atomic E-state index is 11.3. The number of rotatable bonds is 1.